The molecule has 1 saturated carbocycles. The van der Waals surface area contributed by atoms with Crippen LogP contribution in [0, 0.1) is 0 Å². The molecule has 100 valence electrons. The van der Waals surface area contributed by atoms with Crippen LogP contribution < -0.4 is 11.1 Å². The first-order valence-corrected chi connectivity index (χ1v) is 6.58. The Hall–Kier alpha value is -1.66. The number of anilines is 2. The van der Waals surface area contributed by atoms with Crippen LogP contribution >= 0.6 is 23.7 Å². The summed E-state index contributed by atoms with van der Waals surface area (Å²) in [6.45, 7) is 0. The van der Waals surface area contributed by atoms with Crippen LogP contribution in [0.2, 0.25) is 0 Å². The van der Waals surface area contributed by atoms with Gasteiger partial charge in [0, 0.05) is 11.3 Å². The van der Waals surface area contributed by atoms with Crippen molar-refractivity contribution in [3.63, 3.8) is 0 Å². The smallest absolute Gasteiger partial charge is 0.276 e. The summed E-state index contributed by atoms with van der Waals surface area (Å²) >= 11 is 1.45. The van der Waals surface area contributed by atoms with Gasteiger partial charge in [-0.25, -0.2) is 9.97 Å². The van der Waals surface area contributed by atoms with E-state index in [0.717, 1.165) is 5.69 Å². The molecule has 0 spiro atoms. The van der Waals surface area contributed by atoms with Gasteiger partial charge in [0.2, 0.25) is 0 Å². The van der Waals surface area contributed by atoms with E-state index in [1.54, 1.807) is 12.1 Å². The summed E-state index contributed by atoms with van der Waals surface area (Å²) < 4.78 is 0. The minimum Gasteiger partial charge on any atom is -0.397 e. The molecule has 2 heterocycles. The van der Waals surface area contributed by atoms with Gasteiger partial charge in [0.05, 0.1) is 17.6 Å². The van der Waals surface area contributed by atoms with E-state index in [1.807, 2.05) is 5.38 Å². The lowest BCUT2D eigenvalue weighted by atomic mass is 10.3. The summed E-state index contributed by atoms with van der Waals surface area (Å²) in [5, 5.41) is 5.38. The van der Waals surface area contributed by atoms with Gasteiger partial charge in [0.25, 0.3) is 5.91 Å². The molecule has 0 aromatic carbocycles. The number of carbonyl (C=O) groups is 1. The fraction of sp³-hybridized carbons (Fsp3) is 0.250. The molecule has 0 unspecified atom stereocenters. The molecule has 3 N–H and O–H groups in total. The van der Waals surface area contributed by atoms with E-state index >= 15 is 0 Å². The Morgan fingerprint density at radius 2 is 2.21 bits per heavy atom. The maximum atomic E-state index is 11.9. The van der Waals surface area contributed by atoms with E-state index in [0.29, 0.717) is 22.4 Å². The average molecular weight is 297 g/mol. The van der Waals surface area contributed by atoms with Gasteiger partial charge >= 0.3 is 0 Å². The number of nitrogens with zero attached hydrogens (tertiary/aromatic N) is 2. The van der Waals surface area contributed by atoms with Crippen molar-refractivity contribution in [2.75, 3.05) is 11.1 Å². The number of thiazole rings is 1. The highest BCUT2D eigenvalue weighted by molar-refractivity contribution is 7.14. The summed E-state index contributed by atoms with van der Waals surface area (Å²) in [6, 6.07) is 3.25. The Morgan fingerprint density at radius 3 is 2.84 bits per heavy atom. The number of rotatable bonds is 3. The maximum absolute atomic E-state index is 11.9. The van der Waals surface area contributed by atoms with Crippen molar-refractivity contribution in [2.45, 2.75) is 18.8 Å². The van der Waals surface area contributed by atoms with Crippen LogP contribution in [0.15, 0.2) is 23.7 Å². The monoisotopic (exact) mass is 296 g/mol. The molecule has 0 radical (unpaired) electrons. The van der Waals surface area contributed by atoms with Crippen molar-refractivity contribution in [1.82, 2.24) is 9.97 Å². The lowest BCUT2D eigenvalue weighted by molar-refractivity contribution is 0.102. The molecule has 1 aliphatic carbocycles. The molecule has 0 atom stereocenters. The minimum atomic E-state index is -0.258. The molecular weight excluding hydrogens is 284 g/mol. The Morgan fingerprint density at radius 1 is 1.42 bits per heavy atom. The number of amides is 1. The first kappa shape index (κ1) is 13.8. The molecule has 1 aliphatic rings. The molecule has 1 amide bonds. The lowest BCUT2D eigenvalue weighted by Gasteiger charge is -2.00. The first-order chi connectivity index (χ1) is 8.72. The van der Waals surface area contributed by atoms with Crippen molar-refractivity contribution in [1.29, 1.82) is 0 Å². The highest BCUT2D eigenvalue weighted by Crippen LogP contribution is 2.40. The molecule has 19 heavy (non-hydrogen) atoms. The highest BCUT2D eigenvalue weighted by Gasteiger charge is 2.26. The second-order valence-corrected chi connectivity index (χ2v) is 5.14. The zero-order chi connectivity index (χ0) is 12.5. The van der Waals surface area contributed by atoms with Gasteiger partial charge in [0.1, 0.15) is 5.69 Å². The standard InChI is InChI=1S/C12H12N4OS.ClH/c13-8-3-4-9(14-5-8)11(17)16-12-15-10(6-18-12)7-1-2-7;/h3-7H,1-2,13H2,(H,15,16,17);1H. The number of nitrogens with one attached hydrogen (secondary N) is 1. The molecule has 1 fully saturated rings. The summed E-state index contributed by atoms with van der Waals surface area (Å²) in [5.74, 6) is 0.341. The van der Waals surface area contributed by atoms with E-state index in [4.69, 9.17) is 5.73 Å². The van der Waals surface area contributed by atoms with Crippen LogP contribution in [-0.4, -0.2) is 15.9 Å². The third-order valence-electron chi connectivity index (χ3n) is 2.76. The Balaban J connectivity index is 0.00000133. The molecule has 3 rings (SSSR count). The number of hydrogen-bond acceptors (Lipinski definition) is 5. The predicted molar refractivity (Wildman–Crippen MR) is 77.9 cm³/mol. The molecule has 0 saturated heterocycles. The van der Waals surface area contributed by atoms with Crippen LogP contribution in [0.25, 0.3) is 0 Å². The molecule has 0 bridgehead atoms. The number of carbonyl (C=O) groups excluding carboxylic acids is 1. The molecule has 0 aliphatic heterocycles. The molecule has 7 heteroatoms. The lowest BCUT2D eigenvalue weighted by Crippen LogP contribution is -2.13. The average Bonchev–Trinajstić information content (AvgIpc) is 3.11. The number of hydrogen-bond donors (Lipinski definition) is 2. The summed E-state index contributed by atoms with van der Waals surface area (Å²) in [5.41, 5.74) is 7.48. The van der Waals surface area contributed by atoms with Crippen molar-refractivity contribution >= 4 is 40.5 Å². The van der Waals surface area contributed by atoms with E-state index in [9.17, 15) is 4.79 Å². The third kappa shape index (κ3) is 3.21. The van der Waals surface area contributed by atoms with Gasteiger partial charge in [-0.15, -0.1) is 23.7 Å². The van der Waals surface area contributed by atoms with E-state index < -0.39 is 0 Å². The third-order valence-corrected chi connectivity index (χ3v) is 3.53. The van der Waals surface area contributed by atoms with Gasteiger partial charge < -0.3 is 5.73 Å². The van der Waals surface area contributed by atoms with Crippen LogP contribution in [0.4, 0.5) is 10.8 Å². The number of nitrogen functional groups attached to an aromatic ring is 1. The molecule has 2 aromatic heterocycles. The SMILES string of the molecule is Cl.Nc1ccc(C(=O)Nc2nc(C3CC3)cs2)nc1. The summed E-state index contributed by atoms with van der Waals surface area (Å²) in [4.78, 5) is 20.2. The summed E-state index contributed by atoms with van der Waals surface area (Å²) in [7, 11) is 0. The number of nitrogens with two attached hydrogens (primary N) is 1. The molecule has 5 nitrogen and oxygen atoms in total. The second kappa shape index (κ2) is 5.54. The van der Waals surface area contributed by atoms with Gasteiger partial charge in [0.15, 0.2) is 5.13 Å². The Kier molecular flexibility index (Phi) is 4.01. The normalized spacial score (nSPS) is 13.7. The number of pyridine rings is 1. The van der Waals surface area contributed by atoms with Gasteiger partial charge in [-0.3, -0.25) is 10.1 Å². The minimum absolute atomic E-state index is 0. The zero-order valence-electron chi connectivity index (χ0n) is 10.00. The van der Waals surface area contributed by atoms with Crippen LogP contribution in [0.5, 0.6) is 0 Å². The topological polar surface area (TPSA) is 80.9 Å². The second-order valence-electron chi connectivity index (χ2n) is 4.28. The van der Waals surface area contributed by atoms with Crippen molar-refractivity contribution in [2.24, 2.45) is 0 Å². The summed E-state index contributed by atoms with van der Waals surface area (Å²) in [6.07, 6.45) is 3.87. The number of aromatic nitrogens is 2. The highest BCUT2D eigenvalue weighted by atomic mass is 35.5. The van der Waals surface area contributed by atoms with Crippen LogP contribution in [-0.2, 0) is 0 Å². The molecule has 2 aromatic rings. The Bertz CT molecular complexity index is 580. The van der Waals surface area contributed by atoms with Crippen molar-refractivity contribution in [3.05, 3.63) is 35.1 Å². The van der Waals surface area contributed by atoms with E-state index in [1.165, 1.54) is 30.4 Å². The fourth-order valence-corrected chi connectivity index (χ4v) is 2.40. The largest absolute Gasteiger partial charge is 0.397 e. The Labute approximate surface area is 120 Å². The van der Waals surface area contributed by atoms with Crippen LogP contribution in [0.3, 0.4) is 0 Å². The fourth-order valence-electron chi connectivity index (χ4n) is 1.61. The van der Waals surface area contributed by atoms with Gasteiger partial charge in [-0.2, -0.15) is 0 Å². The predicted octanol–water partition coefficient (Wildman–Crippen LogP) is 2.67. The molecular formula is C12H13ClN4OS. The van der Waals surface area contributed by atoms with Crippen molar-refractivity contribution in [3.8, 4) is 0 Å². The van der Waals surface area contributed by atoms with Crippen molar-refractivity contribution < 1.29 is 4.79 Å². The van der Waals surface area contributed by atoms with Gasteiger partial charge in [-0.05, 0) is 25.0 Å². The van der Waals surface area contributed by atoms with E-state index in [-0.39, 0.29) is 18.3 Å². The first-order valence-electron chi connectivity index (χ1n) is 5.70. The van der Waals surface area contributed by atoms with Crippen LogP contribution in [0.1, 0.15) is 34.9 Å². The maximum Gasteiger partial charge on any atom is 0.276 e. The van der Waals surface area contributed by atoms with Gasteiger partial charge in [-0.1, -0.05) is 0 Å². The number of halogens is 1. The quantitative estimate of drug-likeness (QED) is 0.912. The van der Waals surface area contributed by atoms with E-state index in [2.05, 4.69) is 15.3 Å². The zero-order valence-corrected chi connectivity index (χ0v) is 11.6.